The lowest BCUT2D eigenvalue weighted by Crippen LogP contribution is -2.32. The molecule has 0 spiro atoms. The minimum atomic E-state index is -0.592. The van der Waals surface area contributed by atoms with E-state index in [1.54, 1.807) is 39.0 Å². The Labute approximate surface area is 134 Å². The van der Waals surface area contributed by atoms with Crippen molar-refractivity contribution in [3.8, 4) is 0 Å². The minimum Gasteiger partial charge on any atom is -0.444 e. The van der Waals surface area contributed by atoms with Gasteiger partial charge in [0.05, 0.1) is 10.5 Å². The summed E-state index contributed by atoms with van der Waals surface area (Å²) in [6, 6.07) is 4.36. The third-order valence-electron chi connectivity index (χ3n) is 2.67. The molecule has 0 heterocycles. The molecule has 1 N–H and O–H groups in total. The summed E-state index contributed by atoms with van der Waals surface area (Å²) < 4.78 is 5.09. The van der Waals surface area contributed by atoms with E-state index in [-0.39, 0.29) is 11.3 Å². The molecular formula is C16H20N2O5. The van der Waals surface area contributed by atoms with Crippen LogP contribution in [0.15, 0.2) is 24.3 Å². The van der Waals surface area contributed by atoms with Crippen LogP contribution in [0.1, 0.15) is 43.1 Å². The molecule has 0 fully saturated rings. The molecule has 0 bridgehead atoms. The standard InChI is InChI=1S/C16H20N2O5/c1-16(2,3)23-15(20)17-9-5-4-6-12-7-8-13(11-19)14(10-12)18(21)22/h4,6-8,10-11H,5,9H2,1-3H3,(H,17,20). The first-order valence-electron chi connectivity index (χ1n) is 7.10. The summed E-state index contributed by atoms with van der Waals surface area (Å²) in [6.45, 7) is 5.73. The number of nitro groups is 1. The molecule has 0 aliphatic heterocycles. The maximum atomic E-state index is 11.4. The minimum absolute atomic E-state index is 0.0405. The summed E-state index contributed by atoms with van der Waals surface area (Å²) in [7, 11) is 0. The van der Waals surface area contributed by atoms with Gasteiger partial charge in [0.15, 0.2) is 6.29 Å². The fourth-order valence-electron chi connectivity index (χ4n) is 1.71. The van der Waals surface area contributed by atoms with Crippen LogP contribution in [0, 0.1) is 10.1 Å². The molecule has 124 valence electrons. The Morgan fingerprint density at radius 2 is 2.09 bits per heavy atom. The van der Waals surface area contributed by atoms with Crippen LogP contribution in [0.4, 0.5) is 10.5 Å². The zero-order valence-corrected chi connectivity index (χ0v) is 13.4. The number of alkyl carbamates (subject to hydrolysis) is 1. The predicted molar refractivity (Wildman–Crippen MR) is 86.4 cm³/mol. The summed E-state index contributed by atoms with van der Waals surface area (Å²) in [5.74, 6) is 0. The first-order chi connectivity index (χ1) is 10.7. The predicted octanol–water partition coefficient (Wildman–Crippen LogP) is 3.34. The third kappa shape index (κ3) is 6.73. The zero-order chi connectivity index (χ0) is 17.5. The van der Waals surface area contributed by atoms with Crippen molar-refractivity contribution in [1.29, 1.82) is 0 Å². The number of amides is 1. The Balaban J connectivity index is 2.53. The Bertz CT molecular complexity index is 617. The van der Waals surface area contributed by atoms with E-state index in [0.717, 1.165) is 0 Å². The molecule has 7 heteroatoms. The fourth-order valence-corrected chi connectivity index (χ4v) is 1.71. The van der Waals surface area contributed by atoms with E-state index in [1.807, 2.05) is 0 Å². The molecule has 1 amide bonds. The number of ether oxygens (including phenoxy) is 1. The van der Waals surface area contributed by atoms with Gasteiger partial charge in [0.25, 0.3) is 5.69 Å². The quantitative estimate of drug-likeness (QED) is 0.375. The van der Waals surface area contributed by atoms with Gasteiger partial charge in [-0.25, -0.2) is 4.79 Å². The van der Waals surface area contributed by atoms with Gasteiger partial charge in [-0.2, -0.15) is 0 Å². The Kier molecular flexibility index (Phi) is 6.44. The normalized spacial score (nSPS) is 11.3. The summed E-state index contributed by atoms with van der Waals surface area (Å²) in [4.78, 5) is 32.4. The van der Waals surface area contributed by atoms with Crippen LogP contribution in [0.25, 0.3) is 6.08 Å². The van der Waals surface area contributed by atoms with Crippen molar-refractivity contribution >= 4 is 24.1 Å². The van der Waals surface area contributed by atoms with Crippen LogP contribution in [0.2, 0.25) is 0 Å². The number of nitro benzene ring substituents is 1. The van der Waals surface area contributed by atoms with Crippen LogP contribution in [0.5, 0.6) is 0 Å². The Morgan fingerprint density at radius 1 is 1.39 bits per heavy atom. The summed E-state index contributed by atoms with van der Waals surface area (Å²) in [5, 5.41) is 13.5. The molecule has 1 aromatic carbocycles. The molecule has 23 heavy (non-hydrogen) atoms. The Morgan fingerprint density at radius 3 is 2.65 bits per heavy atom. The highest BCUT2D eigenvalue weighted by Crippen LogP contribution is 2.19. The van der Waals surface area contributed by atoms with Crippen molar-refractivity contribution in [2.24, 2.45) is 0 Å². The maximum absolute atomic E-state index is 11.4. The van der Waals surface area contributed by atoms with E-state index >= 15 is 0 Å². The first kappa shape index (κ1) is 18.3. The summed E-state index contributed by atoms with van der Waals surface area (Å²) in [5.41, 5.74) is -0.119. The smallest absolute Gasteiger partial charge is 0.407 e. The van der Waals surface area contributed by atoms with Gasteiger partial charge < -0.3 is 10.1 Å². The van der Waals surface area contributed by atoms with Crippen LogP contribution in [-0.2, 0) is 4.74 Å². The molecule has 0 saturated carbocycles. The molecule has 7 nitrogen and oxygen atoms in total. The van der Waals surface area contributed by atoms with Crippen molar-refractivity contribution in [2.75, 3.05) is 6.54 Å². The largest absolute Gasteiger partial charge is 0.444 e. The maximum Gasteiger partial charge on any atom is 0.407 e. The van der Waals surface area contributed by atoms with E-state index < -0.39 is 16.6 Å². The number of carbonyl (C=O) groups excluding carboxylic acids is 2. The van der Waals surface area contributed by atoms with Gasteiger partial charge >= 0.3 is 6.09 Å². The van der Waals surface area contributed by atoms with Crippen LogP contribution < -0.4 is 5.32 Å². The van der Waals surface area contributed by atoms with E-state index in [2.05, 4.69) is 5.32 Å². The van der Waals surface area contributed by atoms with Crippen LogP contribution in [-0.4, -0.2) is 29.4 Å². The molecule has 1 aromatic rings. The molecule has 1 rings (SSSR count). The van der Waals surface area contributed by atoms with E-state index in [1.165, 1.54) is 12.1 Å². The number of benzene rings is 1. The van der Waals surface area contributed by atoms with Crippen LogP contribution in [0.3, 0.4) is 0 Å². The van der Waals surface area contributed by atoms with E-state index in [0.29, 0.717) is 24.8 Å². The van der Waals surface area contributed by atoms with Gasteiger partial charge in [-0.3, -0.25) is 14.9 Å². The first-order valence-corrected chi connectivity index (χ1v) is 7.10. The molecule has 0 unspecified atom stereocenters. The van der Waals surface area contributed by atoms with Crippen molar-refractivity contribution in [2.45, 2.75) is 32.8 Å². The second-order valence-electron chi connectivity index (χ2n) is 5.81. The molecule has 0 atom stereocenters. The Hall–Kier alpha value is -2.70. The number of rotatable bonds is 6. The molecule has 0 aliphatic rings. The van der Waals surface area contributed by atoms with Crippen molar-refractivity contribution in [3.05, 3.63) is 45.5 Å². The van der Waals surface area contributed by atoms with Crippen LogP contribution >= 0.6 is 0 Å². The third-order valence-corrected chi connectivity index (χ3v) is 2.67. The summed E-state index contributed by atoms with van der Waals surface area (Å²) in [6.07, 6.45) is 3.98. The molecule has 0 saturated heterocycles. The SMILES string of the molecule is CC(C)(C)OC(=O)NCCC=Cc1ccc(C=O)c([N+](=O)[O-])c1. The van der Waals surface area contributed by atoms with Crippen molar-refractivity contribution in [3.63, 3.8) is 0 Å². The molecule has 0 radical (unpaired) electrons. The van der Waals surface area contributed by atoms with Crippen molar-refractivity contribution < 1.29 is 19.2 Å². The number of carbonyl (C=O) groups is 2. The topological polar surface area (TPSA) is 98.5 Å². The average Bonchev–Trinajstić information content (AvgIpc) is 2.44. The van der Waals surface area contributed by atoms with Gasteiger partial charge in [0.1, 0.15) is 5.60 Å². The van der Waals surface area contributed by atoms with E-state index in [9.17, 15) is 19.7 Å². The summed E-state index contributed by atoms with van der Waals surface area (Å²) >= 11 is 0. The zero-order valence-electron chi connectivity index (χ0n) is 13.4. The lowest BCUT2D eigenvalue weighted by atomic mass is 10.1. The van der Waals surface area contributed by atoms with Crippen molar-refractivity contribution in [1.82, 2.24) is 5.32 Å². The van der Waals surface area contributed by atoms with E-state index in [4.69, 9.17) is 4.74 Å². The molecule has 0 aliphatic carbocycles. The van der Waals surface area contributed by atoms with Gasteiger partial charge in [-0.1, -0.05) is 18.2 Å². The number of nitrogens with zero attached hydrogens (tertiary/aromatic N) is 1. The van der Waals surface area contributed by atoms with Gasteiger partial charge in [-0.05, 0) is 38.8 Å². The number of nitrogens with one attached hydrogen (secondary N) is 1. The highest BCUT2D eigenvalue weighted by atomic mass is 16.6. The van der Waals surface area contributed by atoms with Gasteiger partial charge in [0, 0.05) is 12.6 Å². The highest BCUT2D eigenvalue weighted by molar-refractivity contribution is 5.82. The number of hydrogen-bond donors (Lipinski definition) is 1. The lowest BCUT2D eigenvalue weighted by Gasteiger charge is -2.19. The number of aldehydes is 1. The lowest BCUT2D eigenvalue weighted by molar-refractivity contribution is -0.385. The molecule has 0 aromatic heterocycles. The second kappa shape index (κ2) is 8.07. The monoisotopic (exact) mass is 320 g/mol. The fraction of sp³-hybridized carbons (Fsp3) is 0.375. The average molecular weight is 320 g/mol. The second-order valence-corrected chi connectivity index (χ2v) is 5.81. The van der Waals surface area contributed by atoms with Gasteiger partial charge in [-0.15, -0.1) is 0 Å². The molecular weight excluding hydrogens is 300 g/mol. The van der Waals surface area contributed by atoms with Gasteiger partial charge in [0.2, 0.25) is 0 Å². The highest BCUT2D eigenvalue weighted by Gasteiger charge is 2.15. The number of hydrogen-bond acceptors (Lipinski definition) is 5.